The molecule has 4 rings (SSSR count). The number of imide groups is 1. The van der Waals surface area contributed by atoms with E-state index in [1.807, 2.05) is 54.8 Å². The van der Waals surface area contributed by atoms with Gasteiger partial charge in [0, 0.05) is 17.3 Å². The monoisotopic (exact) mass is 415 g/mol. The number of rotatable bonds is 5. The van der Waals surface area contributed by atoms with Crippen molar-refractivity contribution in [2.45, 2.75) is 12.5 Å². The molecule has 1 fully saturated rings. The van der Waals surface area contributed by atoms with Gasteiger partial charge in [0.2, 0.25) is 0 Å². The van der Waals surface area contributed by atoms with E-state index in [2.05, 4.69) is 15.7 Å². The van der Waals surface area contributed by atoms with Gasteiger partial charge in [-0.3, -0.25) is 10.2 Å². The maximum Gasteiger partial charge on any atom is 0.344 e. The van der Waals surface area contributed by atoms with E-state index < -0.39 is 17.5 Å². The normalized spacial score (nSPS) is 15.6. The molecule has 0 spiro atoms. The number of carbonyl (C=O) groups excluding carboxylic acids is 2. The average molecular weight is 415 g/mol. The number of carbonyl (C=O) groups is 2. The summed E-state index contributed by atoms with van der Waals surface area (Å²) in [4.78, 5) is 30.6. The van der Waals surface area contributed by atoms with Gasteiger partial charge >= 0.3 is 6.03 Å². The zero-order valence-electron chi connectivity index (χ0n) is 16.0. The summed E-state index contributed by atoms with van der Waals surface area (Å²) >= 11 is 1.31. The van der Waals surface area contributed by atoms with Gasteiger partial charge in [-0.05, 0) is 18.1 Å². The molecule has 0 aliphatic carbocycles. The Balaban J connectivity index is 1.72. The molecule has 30 heavy (non-hydrogen) atoms. The second-order valence-electron chi connectivity index (χ2n) is 6.65. The molecule has 1 aliphatic rings. The Hall–Kier alpha value is -3.96. The number of benzene rings is 2. The highest BCUT2D eigenvalue weighted by molar-refractivity contribution is 7.10. The number of nitrogens with one attached hydrogen (secondary N) is 2. The molecule has 0 atom stereocenters. The Bertz CT molecular complexity index is 1130. The maximum atomic E-state index is 13.5. The first-order valence-corrected chi connectivity index (χ1v) is 10.0. The summed E-state index contributed by atoms with van der Waals surface area (Å²) in [7, 11) is 0. The van der Waals surface area contributed by atoms with Crippen LogP contribution in [-0.2, 0) is 10.3 Å². The number of hydrazine groups is 1. The smallest absolute Gasteiger partial charge is 0.314 e. The van der Waals surface area contributed by atoms with Crippen LogP contribution in [0.4, 0.5) is 4.79 Å². The second kappa shape index (κ2) is 7.81. The van der Waals surface area contributed by atoms with Crippen molar-refractivity contribution in [1.29, 1.82) is 5.26 Å². The molecule has 1 aliphatic heterocycles. The highest BCUT2D eigenvalue weighted by Crippen LogP contribution is 2.35. The average Bonchev–Trinajstić information content (AvgIpc) is 3.32. The molecule has 8 heteroatoms. The van der Waals surface area contributed by atoms with Crippen LogP contribution in [0, 0.1) is 18.3 Å². The van der Waals surface area contributed by atoms with Crippen LogP contribution in [0.5, 0.6) is 0 Å². The van der Waals surface area contributed by atoms with Crippen LogP contribution in [-0.4, -0.2) is 21.9 Å². The molecule has 2 N–H and O–H groups in total. The number of aromatic nitrogens is 1. The van der Waals surface area contributed by atoms with Crippen LogP contribution in [0.25, 0.3) is 5.57 Å². The molecule has 3 aromatic rings. The number of hydrogen-bond acceptors (Lipinski definition) is 6. The zero-order chi connectivity index (χ0) is 21.1. The quantitative estimate of drug-likeness (QED) is 0.492. The molecular formula is C22H17N5O2S. The third-order valence-corrected chi connectivity index (χ3v) is 5.74. The molecule has 2 heterocycles. The summed E-state index contributed by atoms with van der Waals surface area (Å²) in [6, 6.07) is 19.6. The van der Waals surface area contributed by atoms with E-state index >= 15 is 0 Å². The SMILES string of the molecule is Cc1csc(/C(C#N)=C/NN2C(=O)NC(c3ccccc3)(c3ccccc3)C2=O)n1. The molecule has 3 amide bonds. The number of nitriles is 1. The Kier molecular flexibility index (Phi) is 5.04. The minimum Gasteiger partial charge on any atom is -0.314 e. The number of thiazole rings is 1. The predicted molar refractivity (Wildman–Crippen MR) is 113 cm³/mol. The van der Waals surface area contributed by atoms with E-state index in [4.69, 9.17) is 0 Å². The summed E-state index contributed by atoms with van der Waals surface area (Å²) in [5, 5.41) is 15.5. The number of allylic oxidation sites excluding steroid dienone is 1. The summed E-state index contributed by atoms with van der Waals surface area (Å²) in [5.41, 5.74) is 3.61. The Morgan fingerprint density at radius 1 is 1.13 bits per heavy atom. The van der Waals surface area contributed by atoms with Crippen molar-refractivity contribution in [2.75, 3.05) is 0 Å². The van der Waals surface area contributed by atoms with Gasteiger partial charge in [0.1, 0.15) is 16.6 Å². The van der Waals surface area contributed by atoms with Crippen molar-refractivity contribution in [3.8, 4) is 6.07 Å². The fraction of sp³-hybridized carbons (Fsp3) is 0.0909. The third kappa shape index (κ3) is 3.21. The van der Waals surface area contributed by atoms with Gasteiger partial charge in [-0.15, -0.1) is 11.3 Å². The first kappa shape index (κ1) is 19.4. The van der Waals surface area contributed by atoms with Crippen molar-refractivity contribution in [1.82, 2.24) is 20.7 Å². The Morgan fingerprint density at radius 2 is 1.73 bits per heavy atom. The highest BCUT2D eigenvalue weighted by atomic mass is 32.1. The number of aryl methyl sites for hydroxylation is 1. The van der Waals surface area contributed by atoms with Crippen molar-refractivity contribution < 1.29 is 9.59 Å². The standard InChI is InChI=1S/C22H17N5O2S/c1-15-14-30-19(25-15)16(12-23)13-24-27-20(28)22(26-21(27)29,17-8-4-2-5-9-17)18-10-6-3-7-11-18/h2-11,13-14,24H,1H3,(H,26,29)/b16-13+. The van der Waals surface area contributed by atoms with Crippen LogP contribution >= 0.6 is 11.3 Å². The highest BCUT2D eigenvalue weighted by Gasteiger charge is 2.54. The largest absolute Gasteiger partial charge is 0.344 e. The van der Waals surface area contributed by atoms with Gasteiger partial charge in [0.15, 0.2) is 5.54 Å². The molecule has 0 unspecified atom stereocenters. The van der Waals surface area contributed by atoms with Crippen molar-refractivity contribution in [3.05, 3.63) is 94.1 Å². The Morgan fingerprint density at radius 3 is 2.23 bits per heavy atom. The fourth-order valence-electron chi connectivity index (χ4n) is 3.33. The van der Waals surface area contributed by atoms with E-state index in [1.54, 1.807) is 24.3 Å². The van der Waals surface area contributed by atoms with Crippen LogP contribution < -0.4 is 10.7 Å². The van der Waals surface area contributed by atoms with Gasteiger partial charge in [0.05, 0.1) is 0 Å². The van der Waals surface area contributed by atoms with Crippen LogP contribution in [0.3, 0.4) is 0 Å². The molecule has 148 valence electrons. The fourth-order valence-corrected chi connectivity index (χ4v) is 4.09. The lowest BCUT2D eigenvalue weighted by molar-refractivity contribution is -0.131. The second-order valence-corrected chi connectivity index (χ2v) is 7.50. The zero-order valence-corrected chi connectivity index (χ0v) is 16.8. The molecule has 7 nitrogen and oxygen atoms in total. The van der Waals surface area contributed by atoms with E-state index in [0.717, 1.165) is 10.7 Å². The molecule has 0 radical (unpaired) electrons. The maximum absolute atomic E-state index is 13.5. The van der Waals surface area contributed by atoms with E-state index in [0.29, 0.717) is 16.1 Å². The van der Waals surface area contributed by atoms with Gasteiger partial charge in [-0.25, -0.2) is 9.78 Å². The lowest BCUT2D eigenvalue weighted by Crippen LogP contribution is -2.46. The van der Waals surface area contributed by atoms with Crippen molar-refractivity contribution in [3.63, 3.8) is 0 Å². The van der Waals surface area contributed by atoms with E-state index in [1.165, 1.54) is 17.5 Å². The minimum absolute atomic E-state index is 0.227. The van der Waals surface area contributed by atoms with Gasteiger partial charge in [0.25, 0.3) is 5.91 Å². The number of hydrogen-bond donors (Lipinski definition) is 2. The molecule has 1 saturated heterocycles. The van der Waals surface area contributed by atoms with E-state index in [9.17, 15) is 14.9 Å². The van der Waals surface area contributed by atoms with Crippen molar-refractivity contribution in [2.24, 2.45) is 0 Å². The summed E-state index contributed by atoms with van der Waals surface area (Å²) < 4.78 is 0. The molecule has 0 bridgehead atoms. The van der Waals surface area contributed by atoms with Crippen LogP contribution in [0.15, 0.2) is 72.2 Å². The lowest BCUT2D eigenvalue weighted by Gasteiger charge is -2.27. The van der Waals surface area contributed by atoms with Gasteiger partial charge in [-0.2, -0.15) is 10.3 Å². The number of nitrogens with zero attached hydrogens (tertiary/aromatic N) is 3. The summed E-state index contributed by atoms with van der Waals surface area (Å²) in [6.07, 6.45) is 1.32. The molecular weight excluding hydrogens is 398 g/mol. The van der Waals surface area contributed by atoms with Crippen LogP contribution in [0.2, 0.25) is 0 Å². The first-order valence-electron chi connectivity index (χ1n) is 9.13. The number of urea groups is 1. The molecule has 2 aromatic carbocycles. The van der Waals surface area contributed by atoms with Gasteiger partial charge in [-0.1, -0.05) is 60.7 Å². The first-order chi connectivity index (χ1) is 14.6. The minimum atomic E-state index is -1.37. The summed E-state index contributed by atoms with van der Waals surface area (Å²) in [6.45, 7) is 1.83. The van der Waals surface area contributed by atoms with Crippen LogP contribution in [0.1, 0.15) is 21.8 Å². The lowest BCUT2D eigenvalue weighted by atomic mass is 9.83. The predicted octanol–water partition coefficient (Wildman–Crippen LogP) is 3.32. The van der Waals surface area contributed by atoms with E-state index in [-0.39, 0.29) is 5.57 Å². The Labute approximate surface area is 177 Å². The topological polar surface area (TPSA) is 98.1 Å². The van der Waals surface area contributed by atoms with Gasteiger partial charge < -0.3 is 5.32 Å². The van der Waals surface area contributed by atoms with Crippen molar-refractivity contribution >= 4 is 28.8 Å². The molecule has 0 saturated carbocycles. The summed E-state index contributed by atoms with van der Waals surface area (Å²) in [5.74, 6) is -0.492. The number of amides is 3. The molecule has 1 aromatic heterocycles. The third-order valence-electron chi connectivity index (χ3n) is 4.74.